The van der Waals surface area contributed by atoms with E-state index in [1.807, 2.05) is 0 Å². The molecule has 1 fully saturated rings. The summed E-state index contributed by atoms with van der Waals surface area (Å²) in [6, 6.07) is 0. The summed E-state index contributed by atoms with van der Waals surface area (Å²) in [7, 11) is 2.07. The fraction of sp³-hybridized carbons (Fsp3) is 0.778. The van der Waals surface area contributed by atoms with Crippen molar-refractivity contribution in [1.29, 1.82) is 0 Å². The number of carbonyl (C=O) groups is 1. The van der Waals surface area contributed by atoms with Gasteiger partial charge in [0, 0.05) is 38.9 Å². The number of likely N-dealkylation sites (tertiary alicyclic amines) is 1. The van der Waals surface area contributed by atoms with Crippen molar-refractivity contribution in [3.8, 4) is 0 Å². The number of thioether (sulfide) groups is 1. The van der Waals surface area contributed by atoms with Crippen molar-refractivity contribution in [2.45, 2.75) is 12.2 Å². The van der Waals surface area contributed by atoms with Gasteiger partial charge >= 0.3 is 0 Å². The molecule has 5 heteroatoms. The predicted octanol–water partition coefficient (Wildman–Crippen LogP) is 0.252. The number of guanidine groups is 1. The minimum absolute atomic E-state index is 0.219. The Kier molecular flexibility index (Phi) is 2.67. The lowest BCUT2D eigenvalue weighted by atomic mass is 10.2. The molecule has 0 saturated carbocycles. The van der Waals surface area contributed by atoms with Gasteiger partial charge in [0.25, 0.3) is 0 Å². The largest absolute Gasteiger partial charge is 0.344 e. The Hall–Kier alpha value is -0.710. The average Bonchev–Trinajstić information content (AvgIpc) is 2.42. The molecule has 14 heavy (non-hydrogen) atoms. The molecule has 0 N–H and O–H groups in total. The molecule has 1 saturated heterocycles. The molecule has 0 aliphatic carbocycles. The summed E-state index contributed by atoms with van der Waals surface area (Å²) >= 11 is 1.45. The Labute approximate surface area is 88.3 Å². The van der Waals surface area contributed by atoms with Crippen molar-refractivity contribution in [3.63, 3.8) is 0 Å². The van der Waals surface area contributed by atoms with Crippen LogP contribution in [-0.2, 0) is 4.79 Å². The molecule has 0 radical (unpaired) electrons. The number of hydrogen-bond acceptors (Lipinski definition) is 5. The summed E-state index contributed by atoms with van der Waals surface area (Å²) in [5.41, 5.74) is 0. The van der Waals surface area contributed by atoms with Crippen LogP contribution in [0.4, 0.5) is 0 Å². The third-order valence-electron chi connectivity index (χ3n) is 2.49. The van der Waals surface area contributed by atoms with Crippen molar-refractivity contribution >= 4 is 22.8 Å². The lowest BCUT2D eigenvalue weighted by Crippen LogP contribution is -2.55. The second kappa shape index (κ2) is 3.81. The first-order chi connectivity index (χ1) is 6.66. The highest BCUT2D eigenvalue weighted by Gasteiger charge is 2.33. The number of likely N-dealkylation sites (N-methyl/N-ethyl adjacent to an activating group) is 1. The van der Waals surface area contributed by atoms with E-state index in [-0.39, 0.29) is 5.12 Å². The normalized spacial score (nSPS) is 22.3. The topological polar surface area (TPSA) is 35.9 Å². The van der Waals surface area contributed by atoms with Gasteiger partial charge in [0.05, 0.1) is 6.54 Å². The van der Waals surface area contributed by atoms with E-state index in [0.717, 1.165) is 32.1 Å². The SMILES string of the molecule is CC(=O)SC1CN(C2=NCCN2C)C1. The van der Waals surface area contributed by atoms with Crippen LogP contribution in [0.3, 0.4) is 0 Å². The lowest BCUT2D eigenvalue weighted by molar-refractivity contribution is -0.109. The highest BCUT2D eigenvalue weighted by atomic mass is 32.2. The van der Waals surface area contributed by atoms with Crippen molar-refractivity contribution in [2.24, 2.45) is 4.99 Å². The second-order valence-electron chi connectivity index (χ2n) is 3.74. The van der Waals surface area contributed by atoms with Gasteiger partial charge in [0.2, 0.25) is 0 Å². The summed E-state index contributed by atoms with van der Waals surface area (Å²) < 4.78 is 0. The second-order valence-corrected chi connectivity index (χ2v) is 5.22. The summed E-state index contributed by atoms with van der Waals surface area (Å²) in [4.78, 5) is 19.7. The van der Waals surface area contributed by atoms with Crippen molar-refractivity contribution < 1.29 is 4.79 Å². The fourth-order valence-electron chi connectivity index (χ4n) is 1.77. The Morgan fingerprint density at radius 1 is 1.57 bits per heavy atom. The number of aliphatic imine (C=N–C) groups is 1. The van der Waals surface area contributed by atoms with E-state index in [4.69, 9.17) is 0 Å². The Morgan fingerprint density at radius 3 is 2.79 bits per heavy atom. The summed E-state index contributed by atoms with van der Waals surface area (Å²) in [5, 5.41) is 0.695. The van der Waals surface area contributed by atoms with Gasteiger partial charge in [-0.25, -0.2) is 0 Å². The molecule has 0 atom stereocenters. The molecule has 2 rings (SSSR count). The minimum Gasteiger partial charge on any atom is -0.344 e. The smallest absolute Gasteiger partial charge is 0.196 e. The molecule has 0 aromatic heterocycles. The van der Waals surface area contributed by atoms with Crippen LogP contribution in [0.15, 0.2) is 4.99 Å². The zero-order chi connectivity index (χ0) is 10.1. The molecule has 0 unspecified atom stereocenters. The third kappa shape index (κ3) is 1.87. The van der Waals surface area contributed by atoms with E-state index in [9.17, 15) is 4.79 Å². The molecule has 78 valence electrons. The summed E-state index contributed by atoms with van der Waals surface area (Å²) in [5.74, 6) is 1.10. The molecule has 2 aliphatic rings. The zero-order valence-electron chi connectivity index (χ0n) is 8.56. The Bertz CT molecular complexity index is 273. The van der Waals surface area contributed by atoms with Gasteiger partial charge in [-0.05, 0) is 0 Å². The van der Waals surface area contributed by atoms with E-state index >= 15 is 0 Å². The summed E-state index contributed by atoms with van der Waals surface area (Å²) in [6.07, 6.45) is 0. The molecule has 0 aromatic rings. The van der Waals surface area contributed by atoms with Crippen LogP contribution in [-0.4, -0.2) is 59.4 Å². The van der Waals surface area contributed by atoms with Gasteiger partial charge < -0.3 is 9.80 Å². The molecular formula is C9H15N3OS. The van der Waals surface area contributed by atoms with Crippen LogP contribution in [0.2, 0.25) is 0 Å². The van der Waals surface area contributed by atoms with Crippen molar-refractivity contribution in [3.05, 3.63) is 0 Å². The molecule has 2 aliphatic heterocycles. The summed E-state index contributed by atoms with van der Waals surface area (Å²) in [6.45, 7) is 5.50. The van der Waals surface area contributed by atoms with E-state index in [0.29, 0.717) is 5.25 Å². The first-order valence-electron chi connectivity index (χ1n) is 4.84. The maximum Gasteiger partial charge on any atom is 0.196 e. The van der Waals surface area contributed by atoms with Gasteiger partial charge in [0.15, 0.2) is 11.1 Å². The molecule has 2 heterocycles. The van der Waals surface area contributed by atoms with E-state index < -0.39 is 0 Å². The maximum absolute atomic E-state index is 10.8. The standard InChI is InChI=1S/C9H15N3OS/c1-7(13)14-8-5-12(6-8)9-10-3-4-11(9)2/h8H,3-6H2,1-2H3. The van der Waals surface area contributed by atoms with Gasteiger partial charge in [-0.3, -0.25) is 9.79 Å². The first-order valence-corrected chi connectivity index (χ1v) is 5.72. The molecule has 0 aromatic carbocycles. The van der Waals surface area contributed by atoms with Crippen LogP contribution in [0, 0.1) is 0 Å². The third-order valence-corrected chi connectivity index (χ3v) is 3.46. The number of carbonyl (C=O) groups excluding carboxylic acids is 1. The Balaban J connectivity index is 1.80. The van der Waals surface area contributed by atoms with Crippen LogP contribution in [0.1, 0.15) is 6.92 Å². The van der Waals surface area contributed by atoms with Gasteiger partial charge in [-0.15, -0.1) is 0 Å². The van der Waals surface area contributed by atoms with Crippen LogP contribution < -0.4 is 0 Å². The van der Waals surface area contributed by atoms with E-state index in [2.05, 4.69) is 21.8 Å². The number of nitrogens with zero attached hydrogens (tertiary/aromatic N) is 3. The quantitative estimate of drug-likeness (QED) is 0.625. The fourth-order valence-corrected chi connectivity index (χ4v) is 2.75. The molecule has 0 spiro atoms. The Morgan fingerprint density at radius 2 is 2.29 bits per heavy atom. The monoisotopic (exact) mass is 213 g/mol. The van der Waals surface area contributed by atoms with E-state index in [1.54, 1.807) is 6.92 Å². The van der Waals surface area contributed by atoms with Gasteiger partial charge in [0.1, 0.15) is 0 Å². The van der Waals surface area contributed by atoms with Gasteiger partial charge in [-0.2, -0.15) is 0 Å². The molecule has 0 amide bonds. The predicted molar refractivity (Wildman–Crippen MR) is 58.6 cm³/mol. The average molecular weight is 213 g/mol. The van der Waals surface area contributed by atoms with Crippen LogP contribution in [0.5, 0.6) is 0 Å². The lowest BCUT2D eigenvalue weighted by Gasteiger charge is -2.41. The van der Waals surface area contributed by atoms with Crippen LogP contribution >= 0.6 is 11.8 Å². The first kappa shape index (κ1) is 9.83. The zero-order valence-corrected chi connectivity index (χ0v) is 9.38. The molecule has 4 nitrogen and oxygen atoms in total. The van der Waals surface area contributed by atoms with Crippen molar-refractivity contribution in [2.75, 3.05) is 33.2 Å². The minimum atomic E-state index is 0.219. The maximum atomic E-state index is 10.8. The molecule has 0 bridgehead atoms. The molecular weight excluding hydrogens is 198 g/mol. The van der Waals surface area contributed by atoms with E-state index in [1.165, 1.54) is 11.8 Å². The van der Waals surface area contributed by atoms with Crippen LogP contribution in [0.25, 0.3) is 0 Å². The van der Waals surface area contributed by atoms with Crippen molar-refractivity contribution in [1.82, 2.24) is 9.80 Å². The highest BCUT2D eigenvalue weighted by Crippen LogP contribution is 2.24. The number of rotatable bonds is 1. The highest BCUT2D eigenvalue weighted by molar-refractivity contribution is 8.14. The van der Waals surface area contributed by atoms with Gasteiger partial charge in [-0.1, -0.05) is 11.8 Å². The number of hydrogen-bond donors (Lipinski definition) is 0.